The van der Waals surface area contributed by atoms with E-state index in [9.17, 15) is 0 Å². The Labute approximate surface area is 214 Å². The minimum atomic E-state index is 0.727. The largest absolute Gasteiger partial charge is 0.493 e. The van der Waals surface area contributed by atoms with Crippen LogP contribution < -0.4 is 9.47 Å². The van der Waals surface area contributed by atoms with Gasteiger partial charge in [0.25, 0.3) is 0 Å². The van der Waals surface area contributed by atoms with Gasteiger partial charge in [0.05, 0.1) is 31.3 Å². The summed E-state index contributed by atoms with van der Waals surface area (Å²) in [5.74, 6) is 1.46. The van der Waals surface area contributed by atoms with Crippen LogP contribution in [0.5, 0.6) is 11.5 Å². The Hall–Kier alpha value is -3.64. The van der Waals surface area contributed by atoms with Gasteiger partial charge in [-0.3, -0.25) is 0 Å². The number of likely N-dealkylation sites (N-methyl/N-ethyl adjacent to an activating group) is 1. The summed E-state index contributed by atoms with van der Waals surface area (Å²) < 4.78 is 12.9. The Morgan fingerprint density at radius 2 is 1.47 bits per heavy atom. The van der Waals surface area contributed by atoms with Crippen LogP contribution in [0.25, 0.3) is 16.8 Å². The molecular weight excluding hydrogens is 448 g/mol. The van der Waals surface area contributed by atoms with E-state index in [0.717, 1.165) is 72.2 Å². The number of hydrogen-bond acceptors (Lipinski definition) is 5. The molecule has 1 heterocycles. The third-order valence-electron chi connectivity index (χ3n) is 6.72. The van der Waals surface area contributed by atoms with E-state index in [2.05, 4.69) is 90.6 Å². The molecule has 0 spiro atoms. The molecule has 0 atom stereocenters. The third-order valence-corrected chi connectivity index (χ3v) is 6.72. The summed E-state index contributed by atoms with van der Waals surface area (Å²) in [5.41, 5.74) is 7.92. The Balaban J connectivity index is 1.62. The molecule has 6 heteroatoms. The predicted octanol–water partition coefficient (Wildman–Crippen LogP) is 5.74. The van der Waals surface area contributed by atoms with E-state index < -0.39 is 0 Å². The van der Waals surface area contributed by atoms with Gasteiger partial charge < -0.3 is 14.4 Å². The van der Waals surface area contributed by atoms with Crippen molar-refractivity contribution in [3.8, 4) is 28.3 Å². The first kappa shape index (κ1) is 25.5. The molecule has 0 unspecified atom stereocenters. The van der Waals surface area contributed by atoms with Gasteiger partial charge in [0.1, 0.15) is 0 Å². The molecule has 0 saturated carbocycles. The average Bonchev–Trinajstić information content (AvgIpc) is 3.31. The highest BCUT2D eigenvalue weighted by atomic mass is 16.5. The van der Waals surface area contributed by atoms with Gasteiger partial charge in [-0.25, -0.2) is 4.68 Å². The maximum Gasteiger partial charge on any atom is 0.161 e. The molecule has 4 rings (SSSR count). The molecule has 0 aliphatic carbocycles. The first-order valence-electron chi connectivity index (χ1n) is 12.6. The number of nitrogens with zero attached hydrogens (tertiary/aromatic N) is 4. The van der Waals surface area contributed by atoms with Gasteiger partial charge in [0, 0.05) is 19.4 Å². The van der Waals surface area contributed by atoms with Gasteiger partial charge >= 0.3 is 0 Å². The highest BCUT2D eigenvalue weighted by Crippen LogP contribution is 2.32. The topological polar surface area (TPSA) is 52.4 Å². The number of rotatable bonds is 11. The molecule has 188 valence electrons. The third kappa shape index (κ3) is 5.77. The fourth-order valence-electron chi connectivity index (χ4n) is 4.43. The second-order valence-electron chi connectivity index (χ2n) is 8.95. The normalized spacial score (nSPS) is 11.2. The highest BCUT2D eigenvalue weighted by Gasteiger charge is 2.16. The lowest BCUT2D eigenvalue weighted by molar-refractivity contribution is 0.306. The van der Waals surface area contributed by atoms with Crippen molar-refractivity contribution in [2.24, 2.45) is 0 Å². The number of aromatic nitrogens is 3. The number of aryl methyl sites for hydroxylation is 1. The zero-order valence-electron chi connectivity index (χ0n) is 22.0. The molecule has 0 radical (unpaired) electrons. The van der Waals surface area contributed by atoms with Gasteiger partial charge in [-0.2, -0.15) is 0 Å². The van der Waals surface area contributed by atoms with Crippen LogP contribution in [0.1, 0.15) is 36.4 Å². The summed E-state index contributed by atoms with van der Waals surface area (Å²) in [6, 6.07) is 23.2. The summed E-state index contributed by atoms with van der Waals surface area (Å²) in [6.07, 6.45) is 1.65. The second kappa shape index (κ2) is 11.9. The van der Waals surface area contributed by atoms with Crippen molar-refractivity contribution in [1.29, 1.82) is 0 Å². The molecule has 36 heavy (non-hydrogen) atoms. The fourth-order valence-corrected chi connectivity index (χ4v) is 4.43. The molecule has 0 aliphatic heterocycles. The molecule has 3 aromatic carbocycles. The SMILES string of the molecule is CCN(CC)CCc1nnn(-c2ccc(C)cc2)c1Cc1ccc(-c2ccc(OC)c(OC)c2)cc1. The highest BCUT2D eigenvalue weighted by molar-refractivity contribution is 5.67. The van der Waals surface area contributed by atoms with E-state index in [0.29, 0.717) is 0 Å². The van der Waals surface area contributed by atoms with E-state index in [1.54, 1.807) is 14.2 Å². The molecule has 0 saturated heterocycles. The van der Waals surface area contributed by atoms with Crippen molar-refractivity contribution < 1.29 is 9.47 Å². The van der Waals surface area contributed by atoms with Crippen molar-refractivity contribution in [2.75, 3.05) is 33.9 Å². The van der Waals surface area contributed by atoms with Crippen molar-refractivity contribution in [1.82, 2.24) is 19.9 Å². The van der Waals surface area contributed by atoms with E-state index in [1.165, 1.54) is 11.1 Å². The summed E-state index contributed by atoms with van der Waals surface area (Å²) in [7, 11) is 3.31. The van der Waals surface area contributed by atoms with Gasteiger partial charge in [-0.1, -0.05) is 67.1 Å². The zero-order valence-corrected chi connectivity index (χ0v) is 22.0. The van der Waals surface area contributed by atoms with Gasteiger partial charge in [-0.05, 0) is 61.0 Å². The molecule has 0 amide bonds. The molecule has 0 fully saturated rings. The molecule has 0 N–H and O–H groups in total. The summed E-state index contributed by atoms with van der Waals surface area (Å²) >= 11 is 0. The monoisotopic (exact) mass is 484 g/mol. The average molecular weight is 485 g/mol. The van der Waals surface area contributed by atoms with E-state index in [1.807, 2.05) is 16.8 Å². The smallest absolute Gasteiger partial charge is 0.161 e. The first-order valence-corrected chi connectivity index (χ1v) is 12.6. The number of benzene rings is 3. The maximum atomic E-state index is 5.48. The van der Waals surface area contributed by atoms with Crippen LogP contribution in [-0.4, -0.2) is 53.7 Å². The quantitative estimate of drug-likeness (QED) is 0.272. The second-order valence-corrected chi connectivity index (χ2v) is 8.95. The lowest BCUT2D eigenvalue weighted by atomic mass is 10.0. The Kier molecular flexibility index (Phi) is 8.39. The minimum Gasteiger partial charge on any atom is -0.493 e. The Morgan fingerprint density at radius 1 is 0.806 bits per heavy atom. The van der Waals surface area contributed by atoms with Crippen LogP contribution in [0.4, 0.5) is 0 Å². The fraction of sp³-hybridized carbons (Fsp3) is 0.333. The maximum absolute atomic E-state index is 5.48. The van der Waals surface area contributed by atoms with Crippen molar-refractivity contribution in [2.45, 2.75) is 33.6 Å². The van der Waals surface area contributed by atoms with Gasteiger partial charge in [-0.15, -0.1) is 5.10 Å². The van der Waals surface area contributed by atoms with Gasteiger partial charge in [0.15, 0.2) is 11.5 Å². The van der Waals surface area contributed by atoms with Crippen LogP contribution >= 0.6 is 0 Å². The van der Waals surface area contributed by atoms with Crippen LogP contribution in [0.15, 0.2) is 66.7 Å². The van der Waals surface area contributed by atoms with Crippen LogP contribution in [-0.2, 0) is 12.8 Å². The minimum absolute atomic E-state index is 0.727. The van der Waals surface area contributed by atoms with E-state index in [-0.39, 0.29) is 0 Å². The molecular formula is C30H36N4O2. The molecule has 4 aromatic rings. The van der Waals surface area contributed by atoms with Crippen LogP contribution in [0, 0.1) is 6.92 Å². The number of ether oxygens (including phenoxy) is 2. The number of methoxy groups -OCH3 is 2. The summed E-state index contributed by atoms with van der Waals surface area (Å²) in [6.45, 7) is 9.55. The molecule has 0 bridgehead atoms. The van der Waals surface area contributed by atoms with Crippen molar-refractivity contribution >= 4 is 0 Å². The van der Waals surface area contributed by atoms with Crippen molar-refractivity contribution in [3.63, 3.8) is 0 Å². The van der Waals surface area contributed by atoms with Crippen molar-refractivity contribution in [3.05, 3.63) is 89.2 Å². The molecule has 0 aliphatic rings. The predicted molar refractivity (Wildman–Crippen MR) is 145 cm³/mol. The lowest BCUT2D eigenvalue weighted by Crippen LogP contribution is -2.25. The Bertz CT molecular complexity index is 1260. The zero-order chi connectivity index (χ0) is 25.5. The van der Waals surface area contributed by atoms with Gasteiger partial charge in [0.2, 0.25) is 0 Å². The molecule has 1 aromatic heterocycles. The van der Waals surface area contributed by atoms with Crippen LogP contribution in [0.3, 0.4) is 0 Å². The van der Waals surface area contributed by atoms with E-state index >= 15 is 0 Å². The van der Waals surface area contributed by atoms with Crippen LogP contribution in [0.2, 0.25) is 0 Å². The molecule has 6 nitrogen and oxygen atoms in total. The summed E-state index contributed by atoms with van der Waals surface area (Å²) in [5, 5.41) is 9.18. The lowest BCUT2D eigenvalue weighted by Gasteiger charge is -2.17. The number of hydrogen-bond donors (Lipinski definition) is 0. The first-order chi connectivity index (χ1) is 17.6. The summed E-state index contributed by atoms with van der Waals surface area (Å²) in [4.78, 5) is 2.42. The standard InChI is InChI=1S/C30H36N4O2/c1-6-33(7-2)19-18-27-28(34(32-31-27)26-15-8-22(3)9-16-26)20-23-10-12-24(13-11-23)25-14-17-29(35-4)30(21-25)36-5/h8-17,21H,6-7,18-20H2,1-5H3. The van der Waals surface area contributed by atoms with E-state index in [4.69, 9.17) is 9.47 Å². The Morgan fingerprint density at radius 3 is 2.11 bits per heavy atom.